The Morgan fingerprint density at radius 3 is 2.83 bits per heavy atom. The fourth-order valence-electron chi connectivity index (χ4n) is 1.62. The van der Waals surface area contributed by atoms with Crippen molar-refractivity contribution in [3.05, 3.63) is 30.1 Å². The topological polar surface area (TPSA) is 84.2 Å². The third-order valence-corrected chi connectivity index (χ3v) is 2.71. The fourth-order valence-corrected chi connectivity index (χ4v) is 1.62. The van der Waals surface area contributed by atoms with E-state index < -0.39 is 17.9 Å². The fraction of sp³-hybridized carbons (Fsp3) is 0.250. The number of carboxylic acids is 1. The lowest BCUT2D eigenvalue weighted by atomic mass is 10.1. The van der Waals surface area contributed by atoms with Crippen molar-refractivity contribution in [3.8, 4) is 0 Å². The number of aromatic nitrogens is 2. The van der Waals surface area contributed by atoms with Crippen LogP contribution in [0.2, 0.25) is 0 Å². The molecule has 1 amide bonds. The second-order valence-corrected chi connectivity index (χ2v) is 4.09. The Bertz CT molecular complexity index is 618. The normalized spacial score (nSPS) is 12.3. The van der Waals surface area contributed by atoms with Crippen molar-refractivity contribution < 1.29 is 14.7 Å². The quantitative estimate of drug-likeness (QED) is 0.839. The number of carbonyl (C=O) groups excluding carboxylic acids is 1. The number of benzene rings is 1. The first kappa shape index (κ1) is 12.1. The van der Waals surface area contributed by atoms with E-state index in [1.54, 1.807) is 24.5 Å². The maximum Gasteiger partial charge on any atom is 0.325 e. The van der Waals surface area contributed by atoms with Crippen molar-refractivity contribution in [1.82, 2.24) is 14.9 Å². The highest BCUT2D eigenvalue weighted by Gasteiger charge is 2.15. The molecule has 0 fully saturated rings. The average molecular weight is 247 g/mol. The maximum absolute atomic E-state index is 11.8. The third-order valence-electron chi connectivity index (χ3n) is 2.71. The van der Waals surface area contributed by atoms with Gasteiger partial charge in [-0.15, -0.1) is 0 Å². The van der Waals surface area contributed by atoms with Gasteiger partial charge in [0, 0.05) is 12.6 Å². The molecule has 1 aromatic heterocycles. The monoisotopic (exact) mass is 247 g/mol. The lowest BCUT2D eigenvalue weighted by Crippen LogP contribution is -2.38. The van der Waals surface area contributed by atoms with Crippen molar-refractivity contribution >= 4 is 22.9 Å². The second-order valence-electron chi connectivity index (χ2n) is 4.09. The number of hydrogen-bond donors (Lipinski definition) is 2. The Kier molecular flexibility index (Phi) is 3.01. The molecule has 2 aromatic rings. The van der Waals surface area contributed by atoms with E-state index in [0.717, 1.165) is 5.52 Å². The molecule has 6 heteroatoms. The number of amides is 1. The number of fused-ring (bicyclic) bond motifs is 1. The number of carboxylic acid groups (broad SMARTS) is 1. The van der Waals surface area contributed by atoms with E-state index in [2.05, 4.69) is 10.3 Å². The van der Waals surface area contributed by atoms with Crippen LogP contribution in [0.3, 0.4) is 0 Å². The number of nitrogens with one attached hydrogen (secondary N) is 1. The zero-order valence-corrected chi connectivity index (χ0v) is 10.0. The molecule has 1 aromatic carbocycles. The number of carbonyl (C=O) groups is 2. The van der Waals surface area contributed by atoms with E-state index in [1.807, 2.05) is 11.6 Å². The Hall–Kier alpha value is -2.37. The van der Waals surface area contributed by atoms with Gasteiger partial charge in [0.1, 0.15) is 6.04 Å². The van der Waals surface area contributed by atoms with Crippen LogP contribution in [0.15, 0.2) is 24.5 Å². The summed E-state index contributed by atoms with van der Waals surface area (Å²) in [5.41, 5.74) is 2.01. The molecule has 2 rings (SSSR count). The summed E-state index contributed by atoms with van der Waals surface area (Å²) in [6.45, 7) is 1.42. The lowest BCUT2D eigenvalue weighted by Gasteiger charge is -2.09. The van der Waals surface area contributed by atoms with E-state index >= 15 is 0 Å². The number of aryl methyl sites for hydroxylation is 1. The summed E-state index contributed by atoms with van der Waals surface area (Å²) in [6.07, 6.45) is 1.66. The standard InChI is InChI=1S/C12H13N3O3/c1-7(12(17)18)14-11(16)8-3-4-10-9(5-8)13-6-15(10)2/h3-7H,1-2H3,(H,14,16)(H,17,18)/t7-/m0/s1. The summed E-state index contributed by atoms with van der Waals surface area (Å²) >= 11 is 0. The van der Waals surface area contributed by atoms with Crippen molar-refractivity contribution in [1.29, 1.82) is 0 Å². The molecule has 0 unspecified atom stereocenters. The summed E-state index contributed by atoms with van der Waals surface area (Å²) in [5, 5.41) is 11.1. The molecule has 0 aliphatic heterocycles. The zero-order chi connectivity index (χ0) is 13.3. The Morgan fingerprint density at radius 1 is 1.44 bits per heavy atom. The zero-order valence-electron chi connectivity index (χ0n) is 10.0. The van der Waals surface area contributed by atoms with Crippen LogP contribution in [0.25, 0.3) is 11.0 Å². The number of aliphatic carboxylic acids is 1. The van der Waals surface area contributed by atoms with Crippen LogP contribution in [0, 0.1) is 0 Å². The largest absolute Gasteiger partial charge is 0.480 e. The lowest BCUT2D eigenvalue weighted by molar-refractivity contribution is -0.138. The average Bonchev–Trinajstić information content (AvgIpc) is 2.70. The van der Waals surface area contributed by atoms with Gasteiger partial charge in [0.05, 0.1) is 17.4 Å². The molecule has 1 heterocycles. The highest BCUT2D eigenvalue weighted by Crippen LogP contribution is 2.13. The van der Waals surface area contributed by atoms with Crippen molar-refractivity contribution in [2.45, 2.75) is 13.0 Å². The summed E-state index contributed by atoms with van der Waals surface area (Å²) in [4.78, 5) is 26.6. The van der Waals surface area contributed by atoms with Gasteiger partial charge in [-0.1, -0.05) is 0 Å². The van der Waals surface area contributed by atoms with Crippen LogP contribution in [-0.4, -0.2) is 32.6 Å². The van der Waals surface area contributed by atoms with E-state index in [4.69, 9.17) is 5.11 Å². The van der Waals surface area contributed by atoms with E-state index in [0.29, 0.717) is 11.1 Å². The molecule has 0 aliphatic rings. The Morgan fingerprint density at radius 2 is 2.17 bits per heavy atom. The van der Waals surface area contributed by atoms with Gasteiger partial charge in [0.15, 0.2) is 0 Å². The molecule has 0 saturated heterocycles. The number of nitrogens with zero attached hydrogens (tertiary/aromatic N) is 2. The predicted octanol–water partition coefficient (Wildman–Crippen LogP) is 0.776. The molecule has 18 heavy (non-hydrogen) atoms. The maximum atomic E-state index is 11.8. The number of rotatable bonds is 3. The van der Waals surface area contributed by atoms with E-state index in [-0.39, 0.29) is 0 Å². The molecular formula is C12H13N3O3. The van der Waals surface area contributed by atoms with Crippen LogP contribution in [0.1, 0.15) is 17.3 Å². The van der Waals surface area contributed by atoms with Gasteiger partial charge in [0.2, 0.25) is 0 Å². The van der Waals surface area contributed by atoms with Crippen LogP contribution in [0.4, 0.5) is 0 Å². The van der Waals surface area contributed by atoms with E-state index in [1.165, 1.54) is 6.92 Å². The molecule has 0 radical (unpaired) electrons. The first-order valence-electron chi connectivity index (χ1n) is 5.44. The number of hydrogen-bond acceptors (Lipinski definition) is 3. The van der Waals surface area contributed by atoms with Gasteiger partial charge in [-0.25, -0.2) is 4.98 Å². The van der Waals surface area contributed by atoms with Gasteiger partial charge in [-0.3, -0.25) is 9.59 Å². The highest BCUT2D eigenvalue weighted by molar-refractivity contribution is 5.99. The van der Waals surface area contributed by atoms with Gasteiger partial charge in [-0.05, 0) is 25.1 Å². The smallest absolute Gasteiger partial charge is 0.325 e. The molecule has 0 bridgehead atoms. The van der Waals surface area contributed by atoms with Crippen molar-refractivity contribution in [2.75, 3.05) is 0 Å². The highest BCUT2D eigenvalue weighted by atomic mass is 16.4. The van der Waals surface area contributed by atoms with Crippen LogP contribution in [-0.2, 0) is 11.8 Å². The van der Waals surface area contributed by atoms with Gasteiger partial charge < -0.3 is 15.0 Å². The Labute approximate surface area is 103 Å². The van der Waals surface area contributed by atoms with Gasteiger partial charge in [0.25, 0.3) is 5.91 Å². The van der Waals surface area contributed by atoms with Gasteiger partial charge >= 0.3 is 5.97 Å². The van der Waals surface area contributed by atoms with Crippen LogP contribution >= 0.6 is 0 Å². The first-order valence-corrected chi connectivity index (χ1v) is 5.44. The summed E-state index contributed by atoms with van der Waals surface area (Å²) in [7, 11) is 1.86. The summed E-state index contributed by atoms with van der Waals surface area (Å²) in [5.74, 6) is -1.49. The minimum absolute atomic E-state index is 0.398. The summed E-state index contributed by atoms with van der Waals surface area (Å²) < 4.78 is 1.84. The number of imidazole rings is 1. The molecule has 0 aliphatic carbocycles. The molecule has 1 atom stereocenters. The van der Waals surface area contributed by atoms with E-state index in [9.17, 15) is 9.59 Å². The van der Waals surface area contributed by atoms with Crippen LogP contribution in [0.5, 0.6) is 0 Å². The second kappa shape index (κ2) is 4.48. The third kappa shape index (κ3) is 2.17. The van der Waals surface area contributed by atoms with Gasteiger partial charge in [-0.2, -0.15) is 0 Å². The van der Waals surface area contributed by atoms with Crippen molar-refractivity contribution in [2.24, 2.45) is 7.05 Å². The molecule has 0 saturated carbocycles. The summed E-state index contributed by atoms with van der Waals surface area (Å²) in [6, 6.07) is 4.15. The predicted molar refractivity (Wildman–Crippen MR) is 65.3 cm³/mol. The van der Waals surface area contributed by atoms with Crippen LogP contribution < -0.4 is 5.32 Å². The SMILES string of the molecule is C[C@H](NC(=O)c1ccc2c(c1)ncn2C)C(=O)O. The minimum atomic E-state index is -1.07. The molecular weight excluding hydrogens is 234 g/mol. The Balaban J connectivity index is 2.25. The molecule has 6 nitrogen and oxygen atoms in total. The first-order chi connectivity index (χ1) is 8.49. The minimum Gasteiger partial charge on any atom is -0.480 e. The molecule has 94 valence electrons. The molecule has 2 N–H and O–H groups in total. The molecule has 0 spiro atoms. The van der Waals surface area contributed by atoms with Crippen molar-refractivity contribution in [3.63, 3.8) is 0 Å².